The van der Waals surface area contributed by atoms with E-state index in [2.05, 4.69) is 4.98 Å². The van der Waals surface area contributed by atoms with Crippen molar-refractivity contribution < 1.29 is 8.42 Å². The molecule has 1 aromatic carbocycles. The summed E-state index contributed by atoms with van der Waals surface area (Å²) >= 11 is 0. The molecule has 106 valence electrons. The second-order valence-corrected chi connectivity index (χ2v) is 6.79. The van der Waals surface area contributed by atoms with Crippen molar-refractivity contribution in [1.82, 2.24) is 4.98 Å². The van der Waals surface area contributed by atoms with Crippen molar-refractivity contribution in [2.45, 2.75) is 24.3 Å². The van der Waals surface area contributed by atoms with Crippen molar-refractivity contribution in [3.63, 3.8) is 0 Å². The van der Waals surface area contributed by atoms with Crippen molar-refractivity contribution in [3.8, 4) is 6.07 Å². The highest BCUT2D eigenvalue weighted by molar-refractivity contribution is 7.92. The van der Waals surface area contributed by atoms with E-state index >= 15 is 0 Å². The Morgan fingerprint density at radius 3 is 2.71 bits per heavy atom. The lowest BCUT2D eigenvalue weighted by molar-refractivity contribution is 0.584. The maximum Gasteiger partial charge on any atom is 0.266 e. The Hall–Kier alpha value is -2.39. The fourth-order valence-corrected chi connectivity index (χ4v) is 4.25. The third-order valence-corrected chi connectivity index (χ3v) is 5.46. The summed E-state index contributed by atoms with van der Waals surface area (Å²) in [5.74, 6) is 0. The smallest absolute Gasteiger partial charge is 0.263 e. The predicted molar refractivity (Wildman–Crippen MR) is 78.2 cm³/mol. The number of aromatic nitrogens is 1. The van der Waals surface area contributed by atoms with E-state index in [9.17, 15) is 8.42 Å². The molecule has 5 nitrogen and oxygen atoms in total. The molecule has 0 spiro atoms. The van der Waals surface area contributed by atoms with Crippen LogP contribution >= 0.6 is 0 Å². The number of para-hydroxylation sites is 1. The summed E-state index contributed by atoms with van der Waals surface area (Å²) in [5, 5.41) is 8.74. The van der Waals surface area contributed by atoms with Gasteiger partial charge in [0.2, 0.25) is 0 Å². The first kappa shape index (κ1) is 13.6. The highest BCUT2D eigenvalue weighted by atomic mass is 32.2. The molecule has 3 rings (SSSR count). The van der Waals surface area contributed by atoms with Crippen LogP contribution in [0.2, 0.25) is 0 Å². The molecule has 0 bridgehead atoms. The third-order valence-electron chi connectivity index (χ3n) is 3.55. The minimum absolute atomic E-state index is 0.102. The number of rotatable bonds is 2. The minimum atomic E-state index is -3.66. The van der Waals surface area contributed by atoms with Gasteiger partial charge in [0.05, 0.1) is 5.69 Å². The Balaban J connectivity index is 2.08. The fourth-order valence-electron chi connectivity index (χ4n) is 2.62. The number of nitrogens with zero attached hydrogens (tertiary/aromatic N) is 3. The van der Waals surface area contributed by atoms with Crippen LogP contribution in [0.25, 0.3) is 0 Å². The molecule has 2 heterocycles. The third kappa shape index (κ3) is 2.16. The molecular weight excluding hydrogens is 286 g/mol. The van der Waals surface area contributed by atoms with E-state index in [1.807, 2.05) is 37.3 Å². The zero-order valence-corrected chi connectivity index (χ0v) is 12.2. The van der Waals surface area contributed by atoms with Crippen LogP contribution in [-0.4, -0.2) is 19.4 Å². The summed E-state index contributed by atoms with van der Waals surface area (Å²) in [6.45, 7) is 1.88. The molecule has 0 saturated heterocycles. The largest absolute Gasteiger partial charge is 0.266 e. The Bertz CT molecular complexity index is 823. The molecule has 2 aromatic rings. The first-order valence-electron chi connectivity index (χ1n) is 6.52. The van der Waals surface area contributed by atoms with Gasteiger partial charge < -0.3 is 0 Å². The Morgan fingerprint density at radius 1 is 1.29 bits per heavy atom. The lowest BCUT2D eigenvalue weighted by Gasteiger charge is -2.24. The summed E-state index contributed by atoms with van der Waals surface area (Å²) in [6, 6.07) is 12.1. The van der Waals surface area contributed by atoms with E-state index in [-0.39, 0.29) is 16.6 Å². The quantitative estimate of drug-likeness (QED) is 0.851. The average Bonchev–Trinajstić information content (AvgIpc) is 2.83. The lowest BCUT2D eigenvalue weighted by Crippen LogP contribution is -2.35. The van der Waals surface area contributed by atoms with Crippen LogP contribution in [0.15, 0.2) is 47.5 Å². The average molecular weight is 299 g/mol. The second kappa shape index (κ2) is 4.86. The standard InChI is InChI=1S/C15H13N3O2S/c1-11-8-12-4-2-3-5-15(12)18(11)21(19,20)14-7-6-13(9-16)17-10-14/h2-7,10-11H,8H2,1H3. The highest BCUT2D eigenvalue weighted by Gasteiger charge is 2.35. The topological polar surface area (TPSA) is 74.1 Å². The molecule has 0 amide bonds. The van der Waals surface area contributed by atoms with Crippen LogP contribution < -0.4 is 4.31 Å². The van der Waals surface area contributed by atoms with E-state index in [1.165, 1.54) is 22.6 Å². The van der Waals surface area contributed by atoms with Gasteiger partial charge in [-0.25, -0.2) is 13.4 Å². The van der Waals surface area contributed by atoms with Crippen LogP contribution in [0.3, 0.4) is 0 Å². The summed E-state index contributed by atoms with van der Waals surface area (Å²) in [7, 11) is -3.66. The number of nitriles is 1. The van der Waals surface area contributed by atoms with E-state index < -0.39 is 10.0 Å². The van der Waals surface area contributed by atoms with Gasteiger partial charge in [-0.1, -0.05) is 18.2 Å². The van der Waals surface area contributed by atoms with Crippen LogP contribution in [0, 0.1) is 11.3 Å². The van der Waals surface area contributed by atoms with Gasteiger partial charge in [0.15, 0.2) is 0 Å². The maximum absolute atomic E-state index is 12.8. The molecule has 0 saturated carbocycles. The molecular formula is C15H13N3O2S. The van der Waals surface area contributed by atoms with Crippen LogP contribution in [-0.2, 0) is 16.4 Å². The molecule has 6 heteroatoms. The van der Waals surface area contributed by atoms with Gasteiger partial charge in [0.25, 0.3) is 10.0 Å². The molecule has 21 heavy (non-hydrogen) atoms. The van der Waals surface area contributed by atoms with Gasteiger partial charge in [-0.2, -0.15) is 5.26 Å². The van der Waals surface area contributed by atoms with Crippen LogP contribution in [0.5, 0.6) is 0 Å². The van der Waals surface area contributed by atoms with E-state index in [1.54, 1.807) is 0 Å². The Labute approximate surface area is 123 Å². The van der Waals surface area contributed by atoms with E-state index in [4.69, 9.17) is 5.26 Å². The zero-order chi connectivity index (χ0) is 15.0. The first-order valence-corrected chi connectivity index (χ1v) is 7.96. The van der Waals surface area contributed by atoms with E-state index in [0.717, 1.165) is 5.56 Å². The normalized spacial score (nSPS) is 17.3. The number of pyridine rings is 1. The minimum Gasteiger partial charge on any atom is -0.263 e. The van der Waals surface area contributed by atoms with Crippen molar-refractivity contribution >= 4 is 15.7 Å². The van der Waals surface area contributed by atoms with E-state index in [0.29, 0.717) is 12.1 Å². The number of anilines is 1. The number of hydrogen-bond acceptors (Lipinski definition) is 4. The summed E-state index contributed by atoms with van der Waals surface area (Å²) < 4.78 is 27.1. The van der Waals surface area contributed by atoms with Gasteiger partial charge in [-0.15, -0.1) is 0 Å². The van der Waals surface area contributed by atoms with Gasteiger partial charge >= 0.3 is 0 Å². The molecule has 1 aliphatic heterocycles. The molecule has 1 aromatic heterocycles. The molecule has 0 N–H and O–H groups in total. The SMILES string of the molecule is CC1Cc2ccccc2N1S(=O)(=O)c1ccc(C#N)nc1. The highest BCUT2D eigenvalue weighted by Crippen LogP contribution is 2.36. The Kier molecular flexibility index (Phi) is 3.15. The molecule has 0 aliphatic carbocycles. The predicted octanol–water partition coefficient (Wildman–Crippen LogP) is 2.09. The molecule has 1 atom stereocenters. The monoisotopic (exact) mass is 299 g/mol. The summed E-state index contributed by atoms with van der Waals surface area (Å²) in [6.07, 6.45) is 1.93. The first-order chi connectivity index (χ1) is 10.0. The van der Waals surface area contributed by atoms with Gasteiger partial charge in [-0.3, -0.25) is 4.31 Å². The van der Waals surface area contributed by atoms with Crippen molar-refractivity contribution in [2.24, 2.45) is 0 Å². The van der Waals surface area contributed by atoms with Crippen LogP contribution in [0.1, 0.15) is 18.2 Å². The maximum atomic E-state index is 12.8. The van der Waals surface area contributed by atoms with Crippen molar-refractivity contribution in [3.05, 3.63) is 53.9 Å². The van der Waals surface area contributed by atoms with Gasteiger partial charge in [0.1, 0.15) is 16.7 Å². The lowest BCUT2D eigenvalue weighted by atomic mass is 10.1. The second-order valence-electron chi connectivity index (χ2n) is 4.97. The summed E-state index contributed by atoms with van der Waals surface area (Å²) in [5.41, 5.74) is 1.94. The van der Waals surface area contributed by atoms with Crippen molar-refractivity contribution in [2.75, 3.05) is 4.31 Å². The van der Waals surface area contributed by atoms with Gasteiger partial charge in [0, 0.05) is 12.2 Å². The fraction of sp³-hybridized carbons (Fsp3) is 0.200. The van der Waals surface area contributed by atoms with Crippen LogP contribution in [0.4, 0.5) is 5.69 Å². The molecule has 0 fully saturated rings. The van der Waals surface area contributed by atoms with Gasteiger partial charge in [-0.05, 0) is 37.1 Å². The number of fused-ring (bicyclic) bond motifs is 1. The summed E-state index contributed by atoms with van der Waals surface area (Å²) in [4.78, 5) is 3.95. The molecule has 0 radical (unpaired) electrons. The van der Waals surface area contributed by atoms with Crippen molar-refractivity contribution in [1.29, 1.82) is 5.26 Å². The zero-order valence-electron chi connectivity index (χ0n) is 11.4. The number of hydrogen-bond donors (Lipinski definition) is 0. The number of benzene rings is 1. The molecule has 1 unspecified atom stereocenters. The number of sulfonamides is 1. The molecule has 1 aliphatic rings. The Morgan fingerprint density at radius 2 is 2.05 bits per heavy atom.